The van der Waals surface area contributed by atoms with Gasteiger partial charge in [-0.15, -0.1) is 0 Å². The molecule has 1 aliphatic rings. The van der Waals surface area contributed by atoms with E-state index >= 15 is 0 Å². The number of cyclic esters (lactones) is 1. The van der Waals surface area contributed by atoms with Crippen LogP contribution in [0.2, 0.25) is 0 Å². The van der Waals surface area contributed by atoms with Crippen molar-refractivity contribution in [2.75, 3.05) is 0 Å². The minimum atomic E-state index is -0.411. The number of rotatable bonds is 2. The van der Waals surface area contributed by atoms with Gasteiger partial charge in [0, 0.05) is 5.56 Å². The molecule has 0 N–H and O–H groups in total. The van der Waals surface area contributed by atoms with Crippen molar-refractivity contribution in [2.24, 2.45) is 4.99 Å². The highest BCUT2D eigenvalue weighted by Gasteiger charge is 2.24. The maximum atomic E-state index is 12.1. The zero-order chi connectivity index (χ0) is 17.3. The number of carbonyl (C=O) groups is 1. The zero-order valence-electron chi connectivity index (χ0n) is 14.5. The van der Waals surface area contributed by atoms with Gasteiger partial charge < -0.3 is 4.74 Å². The summed E-state index contributed by atoms with van der Waals surface area (Å²) in [5.41, 5.74) is 4.53. The SMILES string of the molecule is Cc1cccc(/C=C2/N=C(c3ccc(C(C)(C)C)cc3)OC2=O)c1. The smallest absolute Gasteiger partial charge is 0.363 e. The van der Waals surface area contributed by atoms with Crippen molar-refractivity contribution in [3.63, 3.8) is 0 Å². The van der Waals surface area contributed by atoms with Gasteiger partial charge in [-0.3, -0.25) is 0 Å². The third kappa shape index (κ3) is 3.46. The van der Waals surface area contributed by atoms with E-state index in [0.717, 1.165) is 16.7 Å². The lowest BCUT2D eigenvalue weighted by Gasteiger charge is -2.18. The molecule has 0 radical (unpaired) electrons. The van der Waals surface area contributed by atoms with Crippen LogP contribution >= 0.6 is 0 Å². The van der Waals surface area contributed by atoms with E-state index < -0.39 is 5.97 Å². The van der Waals surface area contributed by atoms with Crippen LogP contribution in [0.3, 0.4) is 0 Å². The van der Waals surface area contributed by atoms with Gasteiger partial charge in [0.05, 0.1) is 0 Å². The Hall–Kier alpha value is -2.68. The Kier molecular flexibility index (Phi) is 4.10. The molecule has 1 heterocycles. The van der Waals surface area contributed by atoms with E-state index in [1.54, 1.807) is 6.08 Å². The molecule has 0 bridgehead atoms. The average molecular weight is 319 g/mol. The van der Waals surface area contributed by atoms with Crippen molar-refractivity contribution in [3.05, 3.63) is 76.5 Å². The first-order chi connectivity index (χ1) is 11.3. The number of carbonyl (C=O) groups excluding carboxylic acids is 1. The zero-order valence-corrected chi connectivity index (χ0v) is 14.5. The molecule has 0 fully saturated rings. The topological polar surface area (TPSA) is 38.7 Å². The summed E-state index contributed by atoms with van der Waals surface area (Å²) in [6.07, 6.45) is 1.76. The van der Waals surface area contributed by atoms with Crippen LogP contribution in [0.4, 0.5) is 0 Å². The van der Waals surface area contributed by atoms with Gasteiger partial charge in [0.25, 0.3) is 0 Å². The summed E-state index contributed by atoms with van der Waals surface area (Å²) in [5.74, 6) is -0.0502. The van der Waals surface area contributed by atoms with E-state index in [1.807, 2.05) is 55.5 Å². The molecule has 3 heteroatoms. The highest BCUT2D eigenvalue weighted by atomic mass is 16.6. The van der Waals surface area contributed by atoms with Crippen LogP contribution in [0.1, 0.15) is 43.0 Å². The minimum Gasteiger partial charge on any atom is -0.402 e. The number of esters is 1. The number of ether oxygens (including phenoxy) is 1. The second kappa shape index (κ2) is 6.08. The maximum Gasteiger partial charge on any atom is 0.363 e. The second-order valence-electron chi connectivity index (χ2n) is 7.08. The van der Waals surface area contributed by atoms with Crippen molar-refractivity contribution in [2.45, 2.75) is 33.1 Å². The first-order valence-corrected chi connectivity index (χ1v) is 8.03. The van der Waals surface area contributed by atoms with Crippen molar-refractivity contribution in [1.82, 2.24) is 0 Å². The first kappa shape index (κ1) is 16.2. The lowest BCUT2D eigenvalue weighted by atomic mass is 9.87. The summed E-state index contributed by atoms with van der Waals surface area (Å²) in [6, 6.07) is 15.9. The van der Waals surface area contributed by atoms with Crippen molar-refractivity contribution >= 4 is 17.9 Å². The van der Waals surface area contributed by atoms with Crippen LogP contribution in [0.15, 0.2) is 59.2 Å². The second-order valence-corrected chi connectivity index (χ2v) is 7.08. The normalized spacial score (nSPS) is 16.2. The lowest BCUT2D eigenvalue weighted by molar-refractivity contribution is -0.129. The van der Waals surface area contributed by atoms with Gasteiger partial charge >= 0.3 is 5.97 Å². The molecule has 1 aliphatic heterocycles. The quantitative estimate of drug-likeness (QED) is 0.597. The molecule has 122 valence electrons. The molecule has 0 amide bonds. The molecule has 3 rings (SSSR count). The van der Waals surface area contributed by atoms with Gasteiger partial charge in [0.2, 0.25) is 5.90 Å². The Bertz CT molecular complexity index is 837. The molecule has 0 aliphatic carbocycles. The fourth-order valence-corrected chi connectivity index (χ4v) is 2.56. The lowest BCUT2D eigenvalue weighted by Crippen LogP contribution is -2.11. The number of hydrogen-bond donors (Lipinski definition) is 0. The van der Waals surface area contributed by atoms with Gasteiger partial charge in [-0.2, -0.15) is 0 Å². The van der Waals surface area contributed by atoms with E-state index in [0.29, 0.717) is 11.6 Å². The maximum absolute atomic E-state index is 12.1. The fourth-order valence-electron chi connectivity index (χ4n) is 2.56. The molecule has 3 nitrogen and oxygen atoms in total. The van der Waals surface area contributed by atoms with Crippen LogP contribution in [-0.2, 0) is 14.9 Å². The van der Waals surface area contributed by atoms with Crippen molar-refractivity contribution in [3.8, 4) is 0 Å². The molecular weight excluding hydrogens is 298 g/mol. The summed E-state index contributed by atoms with van der Waals surface area (Å²) in [5, 5.41) is 0. The van der Waals surface area contributed by atoms with Gasteiger partial charge in [0.1, 0.15) is 0 Å². The molecule has 0 unspecified atom stereocenters. The van der Waals surface area contributed by atoms with Crippen LogP contribution in [0, 0.1) is 6.92 Å². The van der Waals surface area contributed by atoms with Crippen LogP contribution in [0.25, 0.3) is 6.08 Å². The Morgan fingerprint density at radius 1 is 1.04 bits per heavy atom. The molecule has 0 atom stereocenters. The molecule has 0 spiro atoms. The summed E-state index contributed by atoms with van der Waals surface area (Å²) in [4.78, 5) is 16.4. The minimum absolute atomic E-state index is 0.0862. The third-order valence-electron chi connectivity index (χ3n) is 3.96. The number of benzene rings is 2. The van der Waals surface area contributed by atoms with Gasteiger partial charge in [-0.25, -0.2) is 9.79 Å². The average Bonchev–Trinajstić information content (AvgIpc) is 2.88. The number of aryl methyl sites for hydroxylation is 1. The van der Waals surface area contributed by atoms with E-state index in [1.165, 1.54) is 5.56 Å². The van der Waals surface area contributed by atoms with Crippen LogP contribution in [-0.4, -0.2) is 11.9 Å². The van der Waals surface area contributed by atoms with Gasteiger partial charge in [-0.05, 0) is 41.7 Å². The van der Waals surface area contributed by atoms with E-state index in [-0.39, 0.29) is 5.41 Å². The highest BCUT2D eigenvalue weighted by molar-refractivity contribution is 6.12. The summed E-state index contributed by atoms with van der Waals surface area (Å²) >= 11 is 0. The largest absolute Gasteiger partial charge is 0.402 e. The van der Waals surface area contributed by atoms with E-state index in [2.05, 4.69) is 25.8 Å². The molecule has 0 aromatic heterocycles. The number of nitrogens with zero attached hydrogens (tertiary/aromatic N) is 1. The van der Waals surface area contributed by atoms with E-state index in [4.69, 9.17) is 4.74 Å². The van der Waals surface area contributed by atoms with Gasteiger partial charge in [-0.1, -0.05) is 62.7 Å². The Labute approximate surface area is 142 Å². The standard InChI is InChI=1S/C21H21NO2/c1-14-6-5-7-15(12-14)13-18-20(23)24-19(22-18)16-8-10-17(11-9-16)21(2,3)4/h5-13H,1-4H3/b18-13+. The van der Waals surface area contributed by atoms with E-state index in [9.17, 15) is 4.79 Å². The Morgan fingerprint density at radius 2 is 1.75 bits per heavy atom. The summed E-state index contributed by atoms with van der Waals surface area (Å²) < 4.78 is 5.33. The fraction of sp³-hybridized carbons (Fsp3) is 0.238. The van der Waals surface area contributed by atoms with Crippen molar-refractivity contribution in [1.29, 1.82) is 0 Å². The molecule has 24 heavy (non-hydrogen) atoms. The number of hydrogen-bond acceptors (Lipinski definition) is 3. The van der Waals surface area contributed by atoms with Crippen LogP contribution in [0.5, 0.6) is 0 Å². The summed E-state index contributed by atoms with van der Waals surface area (Å²) in [7, 11) is 0. The third-order valence-corrected chi connectivity index (χ3v) is 3.96. The Morgan fingerprint density at radius 3 is 2.38 bits per heavy atom. The molecule has 0 saturated heterocycles. The van der Waals surface area contributed by atoms with Crippen LogP contribution < -0.4 is 0 Å². The predicted octanol–water partition coefficient (Wildman–Crippen LogP) is 4.64. The Balaban J connectivity index is 1.89. The summed E-state index contributed by atoms with van der Waals surface area (Å²) in [6.45, 7) is 8.51. The van der Waals surface area contributed by atoms with Gasteiger partial charge in [0.15, 0.2) is 5.70 Å². The number of aliphatic imine (C=N–C) groups is 1. The molecule has 0 saturated carbocycles. The first-order valence-electron chi connectivity index (χ1n) is 8.03. The highest BCUT2D eigenvalue weighted by Crippen LogP contribution is 2.24. The predicted molar refractivity (Wildman–Crippen MR) is 96.9 cm³/mol. The molecular formula is C21H21NO2. The molecule has 2 aromatic carbocycles. The van der Waals surface area contributed by atoms with Crippen molar-refractivity contribution < 1.29 is 9.53 Å². The molecule has 2 aromatic rings. The monoisotopic (exact) mass is 319 g/mol.